The fraction of sp³-hybridized carbons (Fsp3) is 0.421. The lowest BCUT2D eigenvalue weighted by molar-refractivity contribution is -0.113. The van der Waals surface area contributed by atoms with Crippen molar-refractivity contribution < 1.29 is 4.79 Å². The maximum Gasteiger partial charge on any atom is 0.251 e. The third kappa shape index (κ3) is 5.74. The summed E-state index contributed by atoms with van der Waals surface area (Å²) >= 11 is 1.24. The molecular formula is C19H25N3O2S. The number of benzene rings is 1. The largest absolute Gasteiger partial charge is 0.325 e. The van der Waals surface area contributed by atoms with Crippen LogP contribution in [-0.2, 0) is 11.2 Å². The number of aromatic nitrogens is 2. The van der Waals surface area contributed by atoms with Gasteiger partial charge in [0.1, 0.15) is 0 Å². The Balaban J connectivity index is 2.01. The molecule has 1 aromatic carbocycles. The summed E-state index contributed by atoms with van der Waals surface area (Å²) in [5, 5.41) is 3.46. The molecule has 0 radical (unpaired) electrons. The highest BCUT2D eigenvalue weighted by Crippen LogP contribution is 2.26. The molecule has 0 aliphatic heterocycles. The van der Waals surface area contributed by atoms with Crippen LogP contribution in [0.4, 0.5) is 5.69 Å². The number of aromatic amines is 1. The van der Waals surface area contributed by atoms with Gasteiger partial charge in [-0.15, -0.1) is 0 Å². The Bertz CT molecular complexity index is 773. The number of carbonyl (C=O) groups excluding carboxylic acids is 1. The van der Waals surface area contributed by atoms with Gasteiger partial charge in [0.15, 0.2) is 5.16 Å². The Morgan fingerprint density at radius 2 is 2.08 bits per heavy atom. The zero-order chi connectivity index (χ0) is 18.2. The van der Waals surface area contributed by atoms with Gasteiger partial charge in [0.2, 0.25) is 5.91 Å². The Morgan fingerprint density at radius 1 is 1.32 bits per heavy atom. The van der Waals surface area contributed by atoms with E-state index in [1.165, 1.54) is 17.8 Å². The van der Waals surface area contributed by atoms with Gasteiger partial charge in [0.05, 0.1) is 5.75 Å². The summed E-state index contributed by atoms with van der Waals surface area (Å²) in [6.07, 6.45) is 2.69. The minimum absolute atomic E-state index is 0.107. The number of carbonyl (C=O) groups is 1. The average molecular weight is 359 g/mol. The molecule has 2 aromatic rings. The minimum Gasteiger partial charge on any atom is -0.325 e. The number of thioether (sulfide) groups is 1. The highest BCUT2D eigenvalue weighted by atomic mass is 32.2. The van der Waals surface area contributed by atoms with Crippen LogP contribution in [0.5, 0.6) is 0 Å². The van der Waals surface area contributed by atoms with Crippen LogP contribution in [0.3, 0.4) is 0 Å². The Morgan fingerprint density at radius 3 is 2.80 bits per heavy atom. The highest BCUT2D eigenvalue weighted by Gasteiger charge is 2.12. The fourth-order valence-electron chi connectivity index (χ4n) is 2.52. The van der Waals surface area contributed by atoms with Crippen LogP contribution in [0.15, 0.2) is 40.3 Å². The first-order valence-electron chi connectivity index (χ1n) is 8.65. The molecule has 6 heteroatoms. The van der Waals surface area contributed by atoms with Crippen molar-refractivity contribution in [3.05, 3.63) is 51.9 Å². The number of nitrogens with zero attached hydrogens (tertiary/aromatic N) is 1. The SMILES string of the molecule is CCCc1cc(=O)[nH]c(SCC(=O)Nc2ccccc2[C@H](C)CC)n1. The molecule has 1 aromatic heterocycles. The van der Waals surface area contributed by atoms with Gasteiger partial charge in [-0.1, -0.05) is 57.2 Å². The molecule has 2 N–H and O–H groups in total. The van der Waals surface area contributed by atoms with Crippen molar-refractivity contribution in [1.82, 2.24) is 9.97 Å². The molecule has 0 saturated heterocycles. The highest BCUT2D eigenvalue weighted by molar-refractivity contribution is 7.99. The van der Waals surface area contributed by atoms with E-state index in [1.807, 2.05) is 31.2 Å². The minimum atomic E-state index is -0.177. The molecule has 5 nitrogen and oxygen atoms in total. The Labute approximate surface area is 152 Å². The van der Waals surface area contributed by atoms with Gasteiger partial charge in [0.25, 0.3) is 5.56 Å². The summed E-state index contributed by atoms with van der Waals surface area (Å²) < 4.78 is 0. The number of hydrogen-bond acceptors (Lipinski definition) is 4. The van der Waals surface area contributed by atoms with E-state index in [1.54, 1.807) is 0 Å². The van der Waals surface area contributed by atoms with Gasteiger partial charge in [-0.05, 0) is 30.4 Å². The quantitative estimate of drug-likeness (QED) is 0.552. The number of rotatable bonds is 8. The van der Waals surface area contributed by atoms with Gasteiger partial charge >= 0.3 is 0 Å². The van der Waals surface area contributed by atoms with Crippen LogP contribution < -0.4 is 10.9 Å². The first-order valence-corrected chi connectivity index (χ1v) is 9.63. The molecule has 1 heterocycles. The molecule has 0 fully saturated rings. The first kappa shape index (κ1) is 19.2. The number of nitrogens with one attached hydrogen (secondary N) is 2. The van der Waals surface area contributed by atoms with Crippen molar-refractivity contribution in [2.75, 3.05) is 11.1 Å². The number of amides is 1. The normalized spacial score (nSPS) is 12.0. The van der Waals surface area contributed by atoms with E-state index in [0.717, 1.165) is 36.2 Å². The molecule has 0 unspecified atom stereocenters. The molecule has 1 amide bonds. The van der Waals surface area contributed by atoms with E-state index in [4.69, 9.17) is 0 Å². The summed E-state index contributed by atoms with van der Waals surface area (Å²) in [5.41, 5.74) is 2.57. The van der Waals surface area contributed by atoms with Crippen molar-refractivity contribution >= 4 is 23.4 Å². The van der Waals surface area contributed by atoms with Gasteiger partial charge in [-0.2, -0.15) is 0 Å². The molecule has 0 aliphatic carbocycles. The summed E-state index contributed by atoms with van der Waals surface area (Å²) in [6, 6.07) is 9.38. The van der Waals surface area contributed by atoms with E-state index in [-0.39, 0.29) is 17.2 Å². The lowest BCUT2D eigenvalue weighted by Crippen LogP contribution is -2.17. The number of aryl methyl sites for hydroxylation is 1. The van der Waals surface area contributed by atoms with E-state index in [0.29, 0.717) is 11.1 Å². The fourth-order valence-corrected chi connectivity index (χ4v) is 3.21. The first-order chi connectivity index (χ1) is 12.0. The third-order valence-corrected chi connectivity index (χ3v) is 4.87. The maximum atomic E-state index is 12.3. The van der Waals surface area contributed by atoms with Gasteiger partial charge in [0, 0.05) is 17.4 Å². The number of hydrogen-bond donors (Lipinski definition) is 2. The number of H-pyrrole nitrogens is 1. The Hall–Kier alpha value is -2.08. The molecular weight excluding hydrogens is 334 g/mol. The van der Waals surface area contributed by atoms with Crippen molar-refractivity contribution in [2.24, 2.45) is 0 Å². The van der Waals surface area contributed by atoms with E-state index in [9.17, 15) is 9.59 Å². The van der Waals surface area contributed by atoms with Gasteiger partial charge < -0.3 is 10.3 Å². The van der Waals surface area contributed by atoms with Crippen LogP contribution in [-0.4, -0.2) is 21.6 Å². The smallest absolute Gasteiger partial charge is 0.251 e. The van der Waals surface area contributed by atoms with Crippen LogP contribution in [0.2, 0.25) is 0 Å². The van der Waals surface area contributed by atoms with Crippen molar-refractivity contribution in [3.8, 4) is 0 Å². The third-order valence-electron chi connectivity index (χ3n) is 4.00. The monoisotopic (exact) mass is 359 g/mol. The molecule has 1 atom stereocenters. The predicted molar refractivity (Wildman–Crippen MR) is 103 cm³/mol. The van der Waals surface area contributed by atoms with Crippen LogP contribution in [0.25, 0.3) is 0 Å². The Kier molecular flexibility index (Phi) is 7.25. The second-order valence-electron chi connectivity index (χ2n) is 6.03. The van der Waals surface area contributed by atoms with Crippen molar-refractivity contribution in [3.63, 3.8) is 0 Å². The lowest BCUT2D eigenvalue weighted by atomic mass is 9.97. The van der Waals surface area contributed by atoms with Crippen molar-refractivity contribution in [1.29, 1.82) is 0 Å². The summed E-state index contributed by atoms with van der Waals surface area (Å²) in [4.78, 5) is 31.0. The number of para-hydroxylation sites is 1. The van der Waals surface area contributed by atoms with Gasteiger partial charge in [-0.25, -0.2) is 4.98 Å². The van der Waals surface area contributed by atoms with Crippen LogP contribution in [0, 0.1) is 0 Å². The topological polar surface area (TPSA) is 74.8 Å². The van der Waals surface area contributed by atoms with Crippen LogP contribution in [0.1, 0.15) is 50.8 Å². The molecule has 25 heavy (non-hydrogen) atoms. The summed E-state index contributed by atoms with van der Waals surface area (Å²) in [7, 11) is 0. The molecule has 0 bridgehead atoms. The molecule has 2 rings (SSSR count). The number of anilines is 1. The predicted octanol–water partition coefficient (Wildman–Crippen LogP) is 3.97. The molecule has 0 saturated carbocycles. The lowest BCUT2D eigenvalue weighted by Gasteiger charge is -2.15. The zero-order valence-electron chi connectivity index (χ0n) is 15.0. The standard InChI is InChI=1S/C19H25N3O2S/c1-4-8-14-11-17(23)22-19(20-14)25-12-18(24)21-16-10-7-6-9-15(16)13(3)5-2/h6-7,9-11,13H,4-5,8,12H2,1-3H3,(H,21,24)(H,20,22,23)/t13-/m1/s1. The van der Waals surface area contributed by atoms with E-state index < -0.39 is 0 Å². The zero-order valence-corrected chi connectivity index (χ0v) is 15.8. The molecule has 0 spiro atoms. The average Bonchev–Trinajstić information content (AvgIpc) is 2.59. The van der Waals surface area contributed by atoms with Gasteiger partial charge in [-0.3, -0.25) is 9.59 Å². The second-order valence-corrected chi connectivity index (χ2v) is 6.99. The second kappa shape index (κ2) is 9.42. The van der Waals surface area contributed by atoms with E-state index in [2.05, 4.69) is 29.1 Å². The maximum absolute atomic E-state index is 12.3. The summed E-state index contributed by atoms with van der Waals surface area (Å²) in [5.74, 6) is 0.477. The van der Waals surface area contributed by atoms with E-state index >= 15 is 0 Å². The summed E-state index contributed by atoms with van der Waals surface area (Å²) in [6.45, 7) is 6.32. The van der Waals surface area contributed by atoms with Crippen LogP contribution >= 0.6 is 11.8 Å². The molecule has 134 valence electrons. The van der Waals surface area contributed by atoms with Crippen molar-refractivity contribution in [2.45, 2.75) is 51.1 Å². The molecule has 0 aliphatic rings.